The van der Waals surface area contributed by atoms with Gasteiger partial charge in [-0.15, -0.1) is 15.3 Å². The Labute approximate surface area is 118 Å². The molecule has 110 valence electrons. The van der Waals surface area contributed by atoms with Crippen molar-refractivity contribution in [2.75, 3.05) is 14.2 Å². The van der Waals surface area contributed by atoms with Crippen LogP contribution in [-0.4, -0.2) is 54.8 Å². The van der Waals surface area contributed by atoms with E-state index in [2.05, 4.69) is 30.1 Å². The summed E-state index contributed by atoms with van der Waals surface area (Å²) in [5.74, 6) is 0.452. The van der Waals surface area contributed by atoms with E-state index in [1.54, 1.807) is 18.8 Å². The Kier molecular flexibility index (Phi) is 3.22. The number of aromatic nitrogens is 7. The molecule has 0 amide bonds. The molecule has 0 saturated heterocycles. The van der Waals surface area contributed by atoms with Gasteiger partial charge in [0, 0.05) is 14.2 Å². The van der Waals surface area contributed by atoms with Crippen molar-refractivity contribution < 1.29 is 14.3 Å². The second-order valence-electron chi connectivity index (χ2n) is 4.37. The highest BCUT2D eigenvalue weighted by Gasteiger charge is 2.19. The molecule has 0 aliphatic rings. The molecule has 10 heteroatoms. The van der Waals surface area contributed by atoms with Gasteiger partial charge in [-0.3, -0.25) is 4.79 Å². The quantitative estimate of drug-likeness (QED) is 0.578. The van der Waals surface area contributed by atoms with Gasteiger partial charge in [0.25, 0.3) is 5.78 Å². The predicted octanol–water partition coefficient (Wildman–Crippen LogP) is -0.732. The van der Waals surface area contributed by atoms with Gasteiger partial charge >= 0.3 is 5.97 Å². The molecule has 0 N–H and O–H groups in total. The summed E-state index contributed by atoms with van der Waals surface area (Å²) in [5.41, 5.74) is 1.58. The number of carbonyl (C=O) groups is 1. The molecule has 0 saturated carbocycles. The van der Waals surface area contributed by atoms with Crippen molar-refractivity contribution in [2.24, 2.45) is 7.05 Å². The molecule has 0 aliphatic carbocycles. The summed E-state index contributed by atoms with van der Waals surface area (Å²) in [6.45, 7) is 0.276. The molecular formula is C11H13N7O3. The number of ether oxygens (including phenoxy) is 2. The van der Waals surface area contributed by atoms with Crippen LogP contribution in [0.2, 0.25) is 0 Å². The maximum Gasteiger partial charge on any atom is 0.311 e. The van der Waals surface area contributed by atoms with E-state index in [-0.39, 0.29) is 13.0 Å². The monoisotopic (exact) mass is 291 g/mol. The van der Waals surface area contributed by atoms with Gasteiger partial charge in [-0.05, 0) is 0 Å². The summed E-state index contributed by atoms with van der Waals surface area (Å²) in [7, 11) is 4.62. The molecule has 10 nitrogen and oxygen atoms in total. The third-order valence-corrected chi connectivity index (χ3v) is 2.95. The highest BCUT2D eigenvalue weighted by Crippen LogP contribution is 2.16. The first-order valence-corrected chi connectivity index (χ1v) is 6.13. The van der Waals surface area contributed by atoms with Crippen LogP contribution >= 0.6 is 0 Å². The van der Waals surface area contributed by atoms with Gasteiger partial charge in [-0.25, -0.2) is 4.68 Å². The van der Waals surface area contributed by atoms with Gasteiger partial charge in [0.05, 0.1) is 13.5 Å². The average Bonchev–Trinajstić information content (AvgIpc) is 3.00. The van der Waals surface area contributed by atoms with Crippen LogP contribution in [0.3, 0.4) is 0 Å². The Bertz CT molecular complexity index is 822. The van der Waals surface area contributed by atoms with Crippen LogP contribution in [0, 0.1) is 0 Å². The van der Waals surface area contributed by atoms with Crippen molar-refractivity contribution >= 4 is 22.9 Å². The maximum absolute atomic E-state index is 11.4. The fourth-order valence-corrected chi connectivity index (χ4v) is 2.06. The van der Waals surface area contributed by atoms with Crippen LogP contribution < -0.4 is 0 Å². The van der Waals surface area contributed by atoms with Crippen LogP contribution in [0.5, 0.6) is 0 Å². The molecule has 0 atom stereocenters. The minimum Gasteiger partial charge on any atom is -0.469 e. The number of nitrogens with zero attached hydrogens (tertiary/aromatic N) is 7. The molecule has 0 fully saturated rings. The molecule has 0 unspecified atom stereocenters. The normalized spacial score (nSPS) is 11.4. The third-order valence-electron chi connectivity index (χ3n) is 2.95. The number of aryl methyl sites for hydroxylation is 1. The second kappa shape index (κ2) is 5.05. The van der Waals surface area contributed by atoms with Crippen LogP contribution in [0.15, 0.2) is 0 Å². The van der Waals surface area contributed by atoms with E-state index in [9.17, 15) is 4.79 Å². The molecule has 0 spiro atoms. The Hall–Kier alpha value is -2.62. The summed E-state index contributed by atoms with van der Waals surface area (Å²) >= 11 is 0. The topological polar surface area (TPSA) is 109 Å². The Balaban J connectivity index is 2.18. The summed E-state index contributed by atoms with van der Waals surface area (Å²) in [6, 6.07) is 0. The number of fused-ring (bicyclic) bond motifs is 3. The lowest BCUT2D eigenvalue weighted by Crippen LogP contribution is -2.06. The second-order valence-corrected chi connectivity index (χ2v) is 4.37. The van der Waals surface area contributed by atoms with Crippen LogP contribution in [0.1, 0.15) is 11.5 Å². The number of hydrogen-bond donors (Lipinski definition) is 0. The number of rotatable bonds is 4. The molecule has 0 bridgehead atoms. The van der Waals surface area contributed by atoms with E-state index >= 15 is 0 Å². The van der Waals surface area contributed by atoms with Crippen molar-refractivity contribution in [3.63, 3.8) is 0 Å². The van der Waals surface area contributed by atoms with Crippen LogP contribution in [0.25, 0.3) is 16.9 Å². The van der Waals surface area contributed by atoms with Crippen LogP contribution in [-0.2, 0) is 34.3 Å². The summed E-state index contributed by atoms with van der Waals surface area (Å²) in [6.07, 6.45) is 0.0215. The fourth-order valence-electron chi connectivity index (χ4n) is 2.06. The van der Waals surface area contributed by atoms with Gasteiger partial charge in [0.15, 0.2) is 17.0 Å². The first kappa shape index (κ1) is 13.4. The highest BCUT2D eigenvalue weighted by molar-refractivity contribution is 5.81. The number of esters is 1. The Morgan fingerprint density at radius 3 is 2.76 bits per heavy atom. The maximum atomic E-state index is 11.4. The standard InChI is InChI=1S/C11H13N7O3/c1-17-10-9(6(15-17)4-8(19)21-3)13-14-11-12-7(5-20-2)16-18(10)11/h4-5H2,1-3H3. The molecule has 3 aromatic rings. The molecular weight excluding hydrogens is 278 g/mol. The van der Waals surface area contributed by atoms with Gasteiger partial charge in [-0.2, -0.15) is 14.6 Å². The molecule has 3 heterocycles. The van der Waals surface area contributed by atoms with Crippen molar-refractivity contribution in [3.05, 3.63) is 11.5 Å². The minimum absolute atomic E-state index is 0.0215. The molecule has 21 heavy (non-hydrogen) atoms. The average molecular weight is 291 g/mol. The summed E-state index contributed by atoms with van der Waals surface area (Å²) < 4.78 is 12.8. The fraction of sp³-hybridized carbons (Fsp3) is 0.455. The van der Waals surface area contributed by atoms with E-state index in [1.165, 1.54) is 11.6 Å². The largest absolute Gasteiger partial charge is 0.469 e. The zero-order chi connectivity index (χ0) is 15.0. The van der Waals surface area contributed by atoms with Crippen LogP contribution in [0.4, 0.5) is 0 Å². The van der Waals surface area contributed by atoms with E-state index in [0.29, 0.717) is 28.5 Å². The number of carbonyl (C=O) groups excluding carboxylic acids is 1. The van der Waals surface area contributed by atoms with E-state index in [4.69, 9.17) is 4.74 Å². The van der Waals surface area contributed by atoms with E-state index in [0.717, 1.165) is 0 Å². The highest BCUT2D eigenvalue weighted by atomic mass is 16.5. The third kappa shape index (κ3) is 2.18. The van der Waals surface area contributed by atoms with Crippen molar-refractivity contribution in [2.45, 2.75) is 13.0 Å². The Morgan fingerprint density at radius 1 is 1.24 bits per heavy atom. The van der Waals surface area contributed by atoms with Crippen molar-refractivity contribution in [1.29, 1.82) is 0 Å². The van der Waals surface area contributed by atoms with Gasteiger partial charge in [0.2, 0.25) is 0 Å². The summed E-state index contributed by atoms with van der Waals surface area (Å²) in [5, 5.41) is 16.7. The number of methoxy groups -OCH3 is 2. The molecule has 0 radical (unpaired) electrons. The van der Waals surface area contributed by atoms with Gasteiger partial charge in [0.1, 0.15) is 12.3 Å². The lowest BCUT2D eigenvalue weighted by molar-refractivity contribution is -0.139. The van der Waals surface area contributed by atoms with Gasteiger partial charge < -0.3 is 9.47 Å². The minimum atomic E-state index is -0.393. The predicted molar refractivity (Wildman–Crippen MR) is 69.3 cm³/mol. The lowest BCUT2D eigenvalue weighted by atomic mass is 10.3. The SMILES string of the molecule is COCc1nc2nnc3c(CC(=O)OC)nn(C)c3n2n1. The van der Waals surface area contributed by atoms with Gasteiger partial charge in [-0.1, -0.05) is 0 Å². The molecule has 0 aromatic carbocycles. The smallest absolute Gasteiger partial charge is 0.311 e. The lowest BCUT2D eigenvalue weighted by Gasteiger charge is -1.96. The number of hydrogen-bond acceptors (Lipinski definition) is 8. The Morgan fingerprint density at radius 2 is 2.05 bits per heavy atom. The van der Waals surface area contributed by atoms with E-state index in [1.807, 2.05) is 0 Å². The van der Waals surface area contributed by atoms with E-state index < -0.39 is 5.97 Å². The first-order valence-electron chi connectivity index (χ1n) is 6.13. The van der Waals surface area contributed by atoms with Crippen molar-refractivity contribution in [1.82, 2.24) is 34.6 Å². The zero-order valence-corrected chi connectivity index (χ0v) is 11.8. The molecule has 3 rings (SSSR count). The zero-order valence-electron chi connectivity index (χ0n) is 11.8. The van der Waals surface area contributed by atoms with Crippen molar-refractivity contribution in [3.8, 4) is 0 Å². The first-order chi connectivity index (χ1) is 10.1. The molecule has 0 aliphatic heterocycles. The molecule has 3 aromatic heterocycles. The summed E-state index contributed by atoms with van der Waals surface area (Å²) in [4.78, 5) is 15.6.